The molecule has 0 saturated heterocycles. The molecular formula is C49H30N2O3. The van der Waals surface area contributed by atoms with Gasteiger partial charge in [-0.15, -0.1) is 0 Å². The zero-order valence-corrected chi connectivity index (χ0v) is 28.9. The quantitative estimate of drug-likeness (QED) is 0.173. The van der Waals surface area contributed by atoms with Gasteiger partial charge in [0.2, 0.25) is 5.89 Å². The summed E-state index contributed by atoms with van der Waals surface area (Å²) in [6.45, 7) is 0. The molecule has 0 spiro atoms. The molecule has 254 valence electrons. The number of fused-ring (bicyclic) bond motifs is 8. The van der Waals surface area contributed by atoms with Crippen LogP contribution in [-0.4, -0.2) is 4.98 Å². The Hall–Kier alpha value is -7.37. The lowest BCUT2D eigenvalue weighted by atomic mass is 10.0. The summed E-state index contributed by atoms with van der Waals surface area (Å²) in [5.74, 6) is 0.602. The average molecular weight is 695 g/mol. The molecule has 54 heavy (non-hydrogen) atoms. The highest BCUT2D eigenvalue weighted by molar-refractivity contribution is 6.17. The van der Waals surface area contributed by atoms with Crippen molar-refractivity contribution in [2.24, 2.45) is 0 Å². The number of rotatable bonds is 6. The average Bonchev–Trinajstić information content (AvgIpc) is 3.95. The van der Waals surface area contributed by atoms with E-state index in [9.17, 15) is 0 Å². The summed E-state index contributed by atoms with van der Waals surface area (Å²) >= 11 is 0. The molecule has 0 aliphatic carbocycles. The van der Waals surface area contributed by atoms with E-state index in [0.29, 0.717) is 5.89 Å². The van der Waals surface area contributed by atoms with Gasteiger partial charge in [0, 0.05) is 44.3 Å². The summed E-state index contributed by atoms with van der Waals surface area (Å²) in [7, 11) is 0. The molecule has 0 aliphatic rings. The number of para-hydroxylation sites is 3. The van der Waals surface area contributed by atoms with Gasteiger partial charge in [0.1, 0.15) is 27.8 Å². The van der Waals surface area contributed by atoms with Crippen LogP contribution in [0.1, 0.15) is 0 Å². The molecule has 3 heterocycles. The number of anilines is 3. The number of furan rings is 2. The molecule has 5 heteroatoms. The van der Waals surface area contributed by atoms with Crippen molar-refractivity contribution in [2.45, 2.75) is 0 Å². The van der Waals surface area contributed by atoms with E-state index in [1.807, 2.05) is 60.7 Å². The highest BCUT2D eigenvalue weighted by atomic mass is 16.4. The maximum Gasteiger partial charge on any atom is 0.227 e. The van der Waals surface area contributed by atoms with Crippen LogP contribution in [0.2, 0.25) is 0 Å². The smallest absolute Gasteiger partial charge is 0.227 e. The Morgan fingerprint density at radius 3 is 1.83 bits per heavy atom. The SMILES string of the molecule is c1ccc(-c2nc3ccc4oc5cc(-c6ccc(N(c7ccccc7)c7ccc(-c8cccc9c8oc8ccccc89)cc7)cc6)ccc5c4c3o2)cc1. The van der Waals surface area contributed by atoms with Gasteiger partial charge in [-0.25, -0.2) is 4.98 Å². The molecule has 11 rings (SSSR count). The second-order valence-corrected chi connectivity index (χ2v) is 13.5. The van der Waals surface area contributed by atoms with E-state index in [4.69, 9.17) is 18.2 Å². The summed E-state index contributed by atoms with van der Waals surface area (Å²) in [6.07, 6.45) is 0. The Bertz CT molecular complexity index is 3140. The van der Waals surface area contributed by atoms with Crippen LogP contribution in [0, 0.1) is 0 Å². The number of aromatic nitrogens is 1. The summed E-state index contributed by atoms with van der Waals surface area (Å²) < 4.78 is 19.1. The third-order valence-electron chi connectivity index (χ3n) is 10.3. The second kappa shape index (κ2) is 12.1. The molecule has 3 aromatic heterocycles. The van der Waals surface area contributed by atoms with Gasteiger partial charge in [-0.3, -0.25) is 0 Å². The number of hydrogen-bond donors (Lipinski definition) is 0. The molecule has 0 N–H and O–H groups in total. The maximum absolute atomic E-state index is 6.39. The Balaban J connectivity index is 0.937. The van der Waals surface area contributed by atoms with Crippen molar-refractivity contribution in [3.8, 4) is 33.7 Å². The molecule has 0 aliphatic heterocycles. The fourth-order valence-corrected chi connectivity index (χ4v) is 7.72. The third-order valence-corrected chi connectivity index (χ3v) is 10.3. The first-order chi connectivity index (χ1) is 26.7. The summed E-state index contributed by atoms with van der Waals surface area (Å²) in [6, 6.07) is 62.8. The predicted octanol–water partition coefficient (Wildman–Crippen LogP) is 14.1. The van der Waals surface area contributed by atoms with E-state index in [0.717, 1.165) is 99.9 Å². The van der Waals surface area contributed by atoms with Crippen molar-refractivity contribution >= 4 is 72.0 Å². The highest BCUT2D eigenvalue weighted by Gasteiger charge is 2.18. The lowest BCUT2D eigenvalue weighted by Gasteiger charge is -2.26. The van der Waals surface area contributed by atoms with Crippen LogP contribution in [-0.2, 0) is 0 Å². The Morgan fingerprint density at radius 2 is 1.04 bits per heavy atom. The molecule has 11 aromatic rings. The van der Waals surface area contributed by atoms with Gasteiger partial charge < -0.3 is 18.2 Å². The molecule has 0 atom stereocenters. The van der Waals surface area contributed by atoms with E-state index < -0.39 is 0 Å². The second-order valence-electron chi connectivity index (χ2n) is 13.5. The van der Waals surface area contributed by atoms with Crippen molar-refractivity contribution in [1.29, 1.82) is 0 Å². The monoisotopic (exact) mass is 694 g/mol. The van der Waals surface area contributed by atoms with Crippen molar-refractivity contribution in [3.05, 3.63) is 182 Å². The first-order valence-corrected chi connectivity index (χ1v) is 18.0. The summed E-state index contributed by atoms with van der Waals surface area (Å²) in [4.78, 5) is 7.05. The van der Waals surface area contributed by atoms with E-state index in [1.54, 1.807) is 0 Å². The first-order valence-electron chi connectivity index (χ1n) is 18.0. The van der Waals surface area contributed by atoms with Gasteiger partial charge in [0.25, 0.3) is 0 Å². The lowest BCUT2D eigenvalue weighted by molar-refractivity contribution is 0.622. The van der Waals surface area contributed by atoms with Crippen molar-refractivity contribution in [1.82, 2.24) is 4.98 Å². The van der Waals surface area contributed by atoms with Gasteiger partial charge in [-0.1, -0.05) is 103 Å². The molecule has 8 aromatic carbocycles. The van der Waals surface area contributed by atoms with Crippen LogP contribution < -0.4 is 4.90 Å². The van der Waals surface area contributed by atoms with Crippen LogP contribution in [0.15, 0.2) is 195 Å². The minimum Gasteiger partial charge on any atom is -0.456 e. The van der Waals surface area contributed by atoms with Crippen molar-refractivity contribution in [2.75, 3.05) is 4.90 Å². The van der Waals surface area contributed by atoms with E-state index >= 15 is 0 Å². The van der Waals surface area contributed by atoms with Crippen LogP contribution in [0.5, 0.6) is 0 Å². The minimum atomic E-state index is 0.602. The van der Waals surface area contributed by atoms with Crippen LogP contribution in [0.3, 0.4) is 0 Å². The molecule has 0 saturated carbocycles. The fraction of sp³-hybridized carbons (Fsp3) is 0. The predicted molar refractivity (Wildman–Crippen MR) is 220 cm³/mol. The van der Waals surface area contributed by atoms with Gasteiger partial charge in [0.15, 0.2) is 5.58 Å². The van der Waals surface area contributed by atoms with Crippen LogP contribution in [0.4, 0.5) is 17.1 Å². The van der Waals surface area contributed by atoms with Gasteiger partial charge >= 0.3 is 0 Å². The topological polar surface area (TPSA) is 55.6 Å². The Morgan fingerprint density at radius 1 is 0.370 bits per heavy atom. The normalized spacial score (nSPS) is 11.7. The molecule has 5 nitrogen and oxygen atoms in total. The largest absolute Gasteiger partial charge is 0.456 e. The van der Waals surface area contributed by atoms with E-state index in [2.05, 4.69) is 126 Å². The van der Waals surface area contributed by atoms with E-state index in [1.165, 1.54) is 0 Å². The minimum absolute atomic E-state index is 0.602. The third kappa shape index (κ3) is 4.90. The van der Waals surface area contributed by atoms with Gasteiger partial charge in [-0.2, -0.15) is 0 Å². The fourth-order valence-electron chi connectivity index (χ4n) is 7.72. The number of benzene rings is 8. The van der Waals surface area contributed by atoms with Gasteiger partial charge in [0.05, 0.1) is 5.39 Å². The van der Waals surface area contributed by atoms with Crippen molar-refractivity contribution in [3.63, 3.8) is 0 Å². The summed E-state index contributed by atoms with van der Waals surface area (Å²) in [5, 5.41) is 4.20. The van der Waals surface area contributed by atoms with Crippen molar-refractivity contribution < 1.29 is 13.3 Å². The highest BCUT2D eigenvalue weighted by Crippen LogP contribution is 2.41. The van der Waals surface area contributed by atoms with E-state index in [-0.39, 0.29) is 0 Å². The Labute approximate surface area is 309 Å². The molecule has 0 unspecified atom stereocenters. The van der Waals surface area contributed by atoms with Crippen LogP contribution >= 0.6 is 0 Å². The zero-order chi connectivity index (χ0) is 35.6. The maximum atomic E-state index is 6.39. The number of hydrogen-bond acceptors (Lipinski definition) is 5. The molecule has 0 bridgehead atoms. The molecule has 0 fully saturated rings. The van der Waals surface area contributed by atoms with Gasteiger partial charge in [-0.05, 0) is 95.6 Å². The molecular weight excluding hydrogens is 665 g/mol. The summed E-state index contributed by atoms with van der Waals surface area (Å²) in [5.41, 5.74) is 13.4. The molecule has 0 radical (unpaired) electrons. The molecule has 0 amide bonds. The standard InChI is InChI=1S/C49H30N2O3/c1-3-10-33(11-4-1)49-50-42-28-29-44-46(48(42)54-49)41-27-22-34(30-45(41)52-44)31-18-23-36(24-19-31)51(35-12-5-2-6-13-35)37-25-20-32(21-26-37)38-15-9-16-40-39-14-7-8-17-43(39)53-47(38)40/h1-30H. The number of nitrogens with zero attached hydrogens (tertiary/aromatic N) is 2. The number of oxazole rings is 1. The lowest BCUT2D eigenvalue weighted by Crippen LogP contribution is -2.09. The zero-order valence-electron chi connectivity index (χ0n) is 28.9. The van der Waals surface area contributed by atoms with Crippen LogP contribution in [0.25, 0.3) is 88.7 Å². The first kappa shape index (κ1) is 30.3. The Kier molecular flexibility index (Phi) is 6.79.